The van der Waals surface area contributed by atoms with Crippen LogP contribution in [0.5, 0.6) is 0 Å². The zero-order valence-electron chi connectivity index (χ0n) is 11.5. The van der Waals surface area contributed by atoms with Crippen molar-refractivity contribution in [1.82, 2.24) is 10.2 Å². The molecule has 0 saturated heterocycles. The number of likely N-dealkylation sites (N-methyl/N-ethyl adjacent to an activating group) is 1. The van der Waals surface area contributed by atoms with Crippen LogP contribution < -0.4 is 5.32 Å². The predicted octanol–water partition coefficient (Wildman–Crippen LogP) is 2.79. The Hall–Kier alpha value is -0.940. The van der Waals surface area contributed by atoms with E-state index in [0.717, 1.165) is 5.56 Å². The lowest BCUT2D eigenvalue weighted by atomic mass is 10.2. The van der Waals surface area contributed by atoms with Crippen molar-refractivity contribution in [1.29, 1.82) is 0 Å². The maximum Gasteiger partial charge on any atom is 0.234 e. The number of hydrogen-bond donors (Lipinski definition) is 1. The molecule has 0 aliphatic heterocycles. The van der Waals surface area contributed by atoms with E-state index < -0.39 is 0 Å². The van der Waals surface area contributed by atoms with Gasteiger partial charge in [0.05, 0.1) is 11.0 Å². The molecule has 1 N–H and O–H groups in total. The molecule has 0 saturated carbocycles. The van der Waals surface area contributed by atoms with Crippen LogP contribution in [0.4, 0.5) is 4.39 Å². The third-order valence-electron chi connectivity index (χ3n) is 2.56. The second-order valence-electron chi connectivity index (χ2n) is 5.12. The number of benzene rings is 1. The van der Waals surface area contributed by atoms with Crippen molar-refractivity contribution in [2.75, 3.05) is 20.1 Å². The third kappa shape index (κ3) is 6.16. The first-order valence-corrected chi connectivity index (χ1v) is 7.07. The van der Waals surface area contributed by atoms with E-state index in [2.05, 4.69) is 35.1 Å². The molecule has 1 aromatic rings. The molecule has 1 rings (SSSR count). The number of nitrogens with zero attached hydrogens (tertiary/aromatic N) is 1. The van der Waals surface area contributed by atoms with Crippen molar-refractivity contribution in [3.05, 3.63) is 34.1 Å². The molecule has 0 heterocycles. The summed E-state index contributed by atoms with van der Waals surface area (Å²) in [5.41, 5.74) is 0.965. The Morgan fingerprint density at radius 2 is 2.16 bits per heavy atom. The van der Waals surface area contributed by atoms with Gasteiger partial charge in [0.1, 0.15) is 5.82 Å². The number of halogens is 2. The second-order valence-corrected chi connectivity index (χ2v) is 5.97. The average molecular weight is 331 g/mol. The molecule has 5 heteroatoms. The fraction of sp³-hybridized carbons (Fsp3) is 0.500. The van der Waals surface area contributed by atoms with Crippen molar-refractivity contribution in [3.8, 4) is 0 Å². The molecule has 0 unspecified atom stereocenters. The van der Waals surface area contributed by atoms with E-state index in [1.165, 1.54) is 6.07 Å². The Morgan fingerprint density at radius 3 is 2.74 bits per heavy atom. The Balaban J connectivity index is 2.44. The summed E-state index contributed by atoms with van der Waals surface area (Å²) in [6.45, 7) is 5.74. The van der Waals surface area contributed by atoms with Crippen LogP contribution in [0.15, 0.2) is 22.7 Å². The molecular formula is C14H20BrFN2O. The molecule has 0 fully saturated rings. The highest BCUT2D eigenvalue weighted by Crippen LogP contribution is 2.17. The van der Waals surface area contributed by atoms with Gasteiger partial charge in [-0.05, 0) is 46.6 Å². The van der Waals surface area contributed by atoms with Gasteiger partial charge in [0.2, 0.25) is 5.91 Å². The number of carbonyl (C=O) groups excluding carboxylic acids is 1. The highest BCUT2D eigenvalue weighted by Gasteiger charge is 2.08. The first-order chi connectivity index (χ1) is 8.88. The first-order valence-electron chi connectivity index (χ1n) is 6.27. The zero-order chi connectivity index (χ0) is 14.4. The molecule has 1 aromatic carbocycles. The minimum atomic E-state index is -0.277. The summed E-state index contributed by atoms with van der Waals surface area (Å²) < 4.78 is 13.5. The van der Waals surface area contributed by atoms with Gasteiger partial charge in [0.25, 0.3) is 0 Å². The van der Waals surface area contributed by atoms with Crippen LogP contribution in [0.1, 0.15) is 19.4 Å². The molecule has 0 radical (unpaired) electrons. The number of rotatable bonds is 6. The smallest absolute Gasteiger partial charge is 0.234 e. The summed E-state index contributed by atoms with van der Waals surface area (Å²) in [6, 6.07) is 4.88. The normalized spacial score (nSPS) is 11.1. The van der Waals surface area contributed by atoms with E-state index in [9.17, 15) is 9.18 Å². The van der Waals surface area contributed by atoms with Gasteiger partial charge in [-0.15, -0.1) is 0 Å². The lowest BCUT2D eigenvalue weighted by Crippen LogP contribution is -2.36. The molecule has 1 amide bonds. The fourth-order valence-corrected chi connectivity index (χ4v) is 2.05. The average Bonchev–Trinajstić information content (AvgIpc) is 2.31. The highest BCUT2D eigenvalue weighted by atomic mass is 79.9. The van der Waals surface area contributed by atoms with E-state index >= 15 is 0 Å². The summed E-state index contributed by atoms with van der Waals surface area (Å²) >= 11 is 3.15. The Bertz CT molecular complexity index is 437. The lowest BCUT2D eigenvalue weighted by molar-refractivity contribution is -0.122. The summed E-state index contributed by atoms with van der Waals surface area (Å²) in [4.78, 5) is 13.5. The summed E-state index contributed by atoms with van der Waals surface area (Å²) in [5.74, 6) is 0.181. The Morgan fingerprint density at radius 1 is 1.47 bits per heavy atom. The Labute approximate surface area is 122 Å². The minimum Gasteiger partial charge on any atom is -0.355 e. The SMILES string of the molecule is CC(C)CNC(=O)CN(C)Cc1ccc(F)c(Br)c1. The molecule has 0 aliphatic carbocycles. The molecule has 0 bridgehead atoms. The number of amides is 1. The summed E-state index contributed by atoms with van der Waals surface area (Å²) in [5, 5.41) is 2.87. The molecular weight excluding hydrogens is 311 g/mol. The van der Waals surface area contributed by atoms with Crippen molar-refractivity contribution >= 4 is 21.8 Å². The van der Waals surface area contributed by atoms with Crippen LogP contribution >= 0.6 is 15.9 Å². The molecule has 0 spiro atoms. The van der Waals surface area contributed by atoms with Gasteiger partial charge < -0.3 is 5.32 Å². The van der Waals surface area contributed by atoms with Crippen LogP contribution in [-0.2, 0) is 11.3 Å². The third-order valence-corrected chi connectivity index (χ3v) is 3.17. The van der Waals surface area contributed by atoms with Crippen LogP contribution in [-0.4, -0.2) is 30.9 Å². The highest BCUT2D eigenvalue weighted by molar-refractivity contribution is 9.10. The van der Waals surface area contributed by atoms with Gasteiger partial charge in [-0.1, -0.05) is 19.9 Å². The largest absolute Gasteiger partial charge is 0.355 e. The molecule has 0 aromatic heterocycles. The van der Waals surface area contributed by atoms with Gasteiger partial charge in [-0.2, -0.15) is 0 Å². The standard InChI is InChI=1S/C14H20BrFN2O/c1-10(2)7-17-14(19)9-18(3)8-11-4-5-13(16)12(15)6-11/h4-6,10H,7-9H2,1-3H3,(H,17,19). The quantitative estimate of drug-likeness (QED) is 0.869. The maximum atomic E-state index is 13.1. The number of hydrogen-bond acceptors (Lipinski definition) is 2. The van der Waals surface area contributed by atoms with Crippen molar-refractivity contribution in [3.63, 3.8) is 0 Å². The molecule has 106 valence electrons. The van der Waals surface area contributed by atoms with E-state index in [-0.39, 0.29) is 11.7 Å². The number of nitrogens with one attached hydrogen (secondary N) is 1. The van der Waals surface area contributed by atoms with Gasteiger partial charge in [0.15, 0.2) is 0 Å². The van der Waals surface area contributed by atoms with Crippen LogP contribution in [0.3, 0.4) is 0 Å². The van der Waals surface area contributed by atoms with Crippen LogP contribution in [0.25, 0.3) is 0 Å². The van der Waals surface area contributed by atoms with Crippen LogP contribution in [0.2, 0.25) is 0 Å². The van der Waals surface area contributed by atoms with Crippen LogP contribution in [0, 0.1) is 11.7 Å². The number of carbonyl (C=O) groups is 1. The van der Waals surface area contributed by atoms with Gasteiger partial charge in [-0.25, -0.2) is 4.39 Å². The van der Waals surface area contributed by atoms with E-state index in [1.54, 1.807) is 12.1 Å². The predicted molar refractivity (Wildman–Crippen MR) is 78.3 cm³/mol. The van der Waals surface area contributed by atoms with Crippen molar-refractivity contribution in [2.45, 2.75) is 20.4 Å². The monoisotopic (exact) mass is 330 g/mol. The fourth-order valence-electron chi connectivity index (χ4n) is 1.62. The molecule has 0 atom stereocenters. The Kier molecular flexibility index (Phi) is 6.45. The van der Waals surface area contributed by atoms with E-state index in [4.69, 9.17) is 0 Å². The molecule has 0 aliphatic rings. The van der Waals surface area contributed by atoms with Gasteiger partial charge in [-0.3, -0.25) is 9.69 Å². The first kappa shape index (κ1) is 16.1. The van der Waals surface area contributed by atoms with Gasteiger partial charge in [0, 0.05) is 13.1 Å². The summed E-state index contributed by atoms with van der Waals surface area (Å²) in [6.07, 6.45) is 0. The minimum absolute atomic E-state index is 0.0115. The van der Waals surface area contributed by atoms with E-state index in [1.807, 2.05) is 11.9 Å². The zero-order valence-corrected chi connectivity index (χ0v) is 13.1. The second kappa shape index (κ2) is 7.60. The summed E-state index contributed by atoms with van der Waals surface area (Å²) in [7, 11) is 1.87. The van der Waals surface area contributed by atoms with Gasteiger partial charge >= 0.3 is 0 Å². The maximum absolute atomic E-state index is 13.1. The lowest BCUT2D eigenvalue weighted by Gasteiger charge is -2.17. The topological polar surface area (TPSA) is 32.3 Å². The molecule has 3 nitrogen and oxygen atoms in total. The van der Waals surface area contributed by atoms with E-state index in [0.29, 0.717) is 30.0 Å². The van der Waals surface area contributed by atoms with Crippen molar-refractivity contribution < 1.29 is 9.18 Å². The molecule has 19 heavy (non-hydrogen) atoms. The van der Waals surface area contributed by atoms with Crippen molar-refractivity contribution in [2.24, 2.45) is 5.92 Å².